The Morgan fingerprint density at radius 3 is 2.87 bits per heavy atom. The summed E-state index contributed by atoms with van der Waals surface area (Å²) in [4.78, 5) is 4.13. The summed E-state index contributed by atoms with van der Waals surface area (Å²) in [6, 6.07) is 7.61. The molecule has 0 N–H and O–H groups in total. The largest absolute Gasteiger partial charge is 0.465 e. The van der Waals surface area contributed by atoms with Crippen molar-refractivity contribution in [3.05, 3.63) is 44.8 Å². The average molecular weight is 305 g/mol. The van der Waals surface area contributed by atoms with Crippen molar-refractivity contribution in [3.63, 3.8) is 0 Å². The van der Waals surface area contributed by atoms with Gasteiger partial charge in [-0.25, -0.2) is 0 Å². The van der Waals surface area contributed by atoms with Crippen LogP contribution in [0.4, 0.5) is 0 Å². The Morgan fingerprint density at radius 1 is 1.40 bits per heavy atom. The van der Waals surface area contributed by atoms with Gasteiger partial charge in [-0.1, -0.05) is 41.1 Å². The fourth-order valence-electron chi connectivity index (χ4n) is 1.06. The Hall–Kier alpha value is -0.580. The first-order valence-electron chi connectivity index (χ1n) is 4.23. The summed E-state index contributed by atoms with van der Waals surface area (Å²) in [6.45, 7) is 0.444. The lowest BCUT2D eigenvalue weighted by Crippen LogP contribution is -1.95. The van der Waals surface area contributed by atoms with Crippen LogP contribution < -0.4 is 4.74 Å². The van der Waals surface area contributed by atoms with Crippen molar-refractivity contribution < 1.29 is 4.74 Å². The minimum atomic E-state index is 0.444. The fourth-order valence-corrected chi connectivity index (χ4v) is 2.34. The van der Waals surface area contributed by atoms with Crippen LogP contribution in [0.3, 0.4) is 0 Å². The third-order valence-electron chi connectivity index (χ3n) is 1.76. The number of ether oxygens (including phenoxy) is 1. The van der Waals surface area contributed by atoms with E-state index in [-0.39, 0.29) is 0 Å². The van der Waals surface area contributed by atoms with Gasteiger partial charge in [0.25, 0.3) is 5.19 Å². The summed E-state index contributed by atoms with van der Waals surface area (Å²) >= 11 is 10.7. The number of nitrogens with zero attached hydrogens (tertiary/aromatic N) is 1. The molecule has 0 bridgehead atoms. The fraction of sp³-hybridized carbons (Fsp3) is 0.100. The highest BCUT2D eigenvalue weighted by molar-refractivity contribution is 9.10. The first kappa shape index (κ1) is 10.9. The maximum Gasteiger partial charge on any atom is 0.274 e. The maximum absolute atomic E-state index is 5.99. The molecule has 0 aliphatic heterocycles. The summed E-state index contributed by atoms with van der Waals surface area (Å²) < 4.78 is 6.28. The van der Waals surface area contributed by atoms with Crippen molar-refractivity contribution in [2.75, 3.05) is 0 Å². The molecule has 0 radical (unpaired) electrons. The molecule has 1 aromatic carbocycles. The minimum Gasteiger partial charge on any atom is -0.465 e. The Kier molecular flexibility index (Phi) is 3.61. The second-order valence-electron chi connectivity index (χ2n) is 2.82. The first-order valence-corrected chi connectivity index (χ1v) is 6.28. The summed E-state index contributed by atoms with van der Waals surface area (Å²) in [5.74, 6) is 0. The van der Waals surface area contributed by atoms with Crippen LogP contribution in [0.25, 0.3) is 0 Å². The Balaban J connectivity index is 2.02. The SMILES string of the molecule is Clc1ccccc1COc1nc(Br)cs1. The standard InChI is InChI=1S/C10H7BrClNOS/c11-9-6-15-10(13-9)14-5-7-3-1-2-4-8(7)12/h1-4,6H,5H2. The van der Waals surface area contributed by atoms with E-state index in [2.05, 4.69) is 20.9 Å². The van der Waals surface area contributed by atoms with Gasteiger partial charge in [0.05, 0.1) is 0 Å². The van der Waals surface area contributed by atoms with Crippen molar-refractivity contribution in [2.45, 2.75) is 6.61 Å². The van der Waals surface area contributed by atoms with Crippen LogP contribution in [0, 0.1) is 0 Å². The van der Waals surface area contributed by atoms with Crippen LogP contribution in [0.2, 0.25) is 5.02 Å². The predicted molar refractivity (Wildman–Crippen MR) is 65.6 cm³/mol. The maximum atomic E-state index is 5.99. The molecule has 0 aliphatic carbocycles. The minimum absolute atomic E-state index is 0.444. The second kappa shape index (κ2) is 4.96. The Morgan fingerprint density at radius 2 is 2.20 bits per heavy atom. The number of halogens is 2. The quantitative estimate of drug-likeness (QED) is 0.850. The van der Waals surface area contributed by atoms with E-state index in [4.69, 9.17) is 16.3 Å². The number of hydrogen-bond acceptors (Lipinski definition) is 3. The molecule has 5 heteroatoms. The average Bonchev–Trinajstić information content (AvgIpc) is 2.63. The topological polar surface area (TPSA) is 22.1 Å². The second-order valence-corrected chi connectivity index (χ2v) is 4.86. The molecule has 2 nitrogen and oxygen atoms in total. The van der Waals surface area contributed by atoms with Gasteiger partial charge in [0.2, 0.25) is 0 Å². The first-order chi connectivity index (χ1) is 7.25. The number of rotatable bonds is 3. The van der Waals surface area contributed by atoms with Crippen molar-refractivity contribution >= 4 is 38.9 Å². The molecule has 0 spiro atoms. The van der Waals surface area contributed by atoms with Crippen LogP contribution >= 0.6 is 38.9 Å². The lowest BCUT2D eigenvalue weighted by molar-refractivity contribution is 0.304. The van der Waals surface area contributed by atoms with E-state index in [1.807, 2.05) is 29.6 Å². The zero-order valence-corrected chi connectivity index (χ0v) is 10.8. The van der Waals surface area contributed by atoms with E-state index in [0.717, 1.165) is 10.2 Å². The van der Waals surface area contributed by atoms with Gasteiger partial charge in [0.1, 0.15) is 11.2 Å². The normalized spacial score (nSPS) is 10.3. The van der Waals surface area contributed by atoms with Gasteiger partial charge in [-0.15, -0.1) is 0 Å². The lowest BCUT2D eigenvalue weighted by Gasteiger charge is -2.03. The summed E-state index contributed by atoms with van der Waals surface area (Å²) in [6.07, 6.45) is 0. The Labute approximate surface area is 105 Å². The van der Waals surface area contributed by atoms with Crippen LogP contribution in [0.1, 0.15) is 5.56 Å². The number of thiazole rings is 1. The molecule has 2 rings (SSSR count). The van der Waals surface area contributed by atoms with Gasteiger partial charge in [-0.2, -0.15) is 4.98 Å². The van der Waals surface area contributed by atoms with E-state index in [1.54, 1.807) is 0 Å². The molecule has 0 atom stereocenters. The van der Waals surface area contributed by atoms with E-state index in [0.29, 0.717) is 16.8 Å². The molecule has 0 aliphatic rings. The van der Waals surface area contributed by atoms with Gasteiger partial charge in [-0.05, 0) is 22.0 Å². The summed E-state index contributed by atoms with van der Waals surface area (Å²) in [5.41, 5.74) is 0.963. The van der Waals surface area contributed by atoms with E-state index in [9.17, 15) is 0 Å². The highest BCUT2D eigenvalue weighted by Gasteiger charge is 2.03. The molecule has 78 valence electrons. The Bertz CT molecular complexity index is 460. The third kappa shape index (κ3) is 2.93. The smallest absolute Gasteiger partial charge is 0.274 e. The van der Waals surface area contributed by atoms with Gasteiger partial charge in [0, 0.05) is 16.0 Å². The van der Waals surface area contributed by atoms with Crippen molar-refractivity contribution in [1.29, 1.82) is 0 Å². The molecule has 0 unspecified atom stereocenters. The highest BCUT2D eigenvalue weighted by Crippen LogP contribution is 2.23. The third-order valence-corrected chi connectivity index (χ3v) is 3.59. The molecule has 0 amide bonds. The van der Waals surface area contributed by atoms with Gasteiger partial charge in [-0.3, -0.25) is 0 Å². The molecule has 2 aromatic rings. The van der Waals surface area contributed by atoms with Gasteiger partial charge < -0.3 is 4.74 Å². The molecule has 1 aromatic heterocycles. The van der Waals surface area contributed by atoms with E-state index < -0.39 is 0 Å². The van der Waals surface area contributed by atoms with E-state index >= 15 is 0 Å². The van der Waals surface area contributed by atoms with Crippen LogP contribution in [-0.2, 0) is 6.61 Å². The lowest BCUT2D eigenvalue weighted by atomic mass is 10.2. The summed E-state index contributed by atoms with van der Waals surface area (Å²) in [7, 11) is 0. The van der Waals surface area contributed by atoms with Crippen molar-refractivity contribution in [2.24, 2.45) is 0 Å². The van der Waals surface area contributed by atoms with Gasteiger partial charge in [0.15, 0.2) is 0 Å². The van der Waals surface area contributed by atoms with E-state index in [1.165, 1.54) is 11.3 Å². The van der Waals surface area contributed by atoms with Crippen molar-refractivity contribution in [1.82, 2.24) is 4.98 Å². The monoisotopic (exact) mass is 303 g/mol. The molecule has 0 fully saturated rings. The molecule has 0 saturated carbocycles. The van der Waals surface area contributed by atoms with Crippen LogP contribution in [-0.4, -0.2) is 4.98 Å². The molecular weight excluding hydrogens is 298 g/mol. The van der Waals surface area contributed by atoms with Crippen LogP contribution in [0.5, 0.6) is 5.19 Å². The zero-order valence-electron chi connectivity index (χ0n) is 7.61. The van der Waals surface area contributed by atoms with Crippen LogP contribution in [0.15, 0.2) is 34.2 Å². The molecule has 1 heterocycles. The molecular formula is C10H7BrClNOS. The van der Waals surface area contributed by atoms with Crippen molar-refractivity contribution in [3.8, 4) is 5.19 Å². The number of aromatic nitrogens is 1. The highest BCUT2D eigenvalue weighted by atomic mass is 79.9. The number of hydrogen-bond donors (Lipinski definition) is 0. The zero-order chi connectivity index (χ0) is 10.7. The predicted octanol–water partition coefficient (Wildman–Crippen LogP) is 4.14. The number of benzene rings is 1. The molecule has 0 saturated heterocycles. The van der Waals surface area contributed by atoms with Gasteiger partial charge >= 0.3 is 0 Å². The molecule has 15 heavy (non-hydrogen) atoms. The summed E-state index contributed by atoms with van der Waals surface area (Å²) in [5, 5.41) is 3.23.